The predicted octanol–water partition coefficient (Wildman–Crippen LogP) is 4.08. The van der Waals surface area contributed by atoms with Gasteiger partial charge in [-0.15, -0.1) is 0 Å². The molecule has 0 aromatic heterocycles. The van der Waals surface area contributed by atoms with Crippen LogP contribution in [-0.2, 0) is 0 Å². The van der Waals surface area contributed by atoms with Gasteiger partial charge < -0.3 is 0 Å². The Balaban J connectivity index is 1.90. The van der Waals surface area contributed by atoms with Gasteiger partial charge in [0.1, 0.15) is 0 Å². The van der Waals surface area contributed by atoms with Crippen molar-refractivity contribution in [3.05, 3.63) is 11.6 Å². The average molecular weight is 204 g/mol. The summed E-state index contributed by atoms with van der Waals surface area (Å²) in [7, 11) is 0. The summed E-state index contributed by atoms with van der Waals surface area (Å²) < 4.78 is 36.5. The molecule has 2 aliphatic carbocycles. The Morgan fingerprint density at radius 3 is 2.79 bits per heavy atom. The summed E-state index contributed by atoms with van der Waals surface area (Å²) in [6.45, 7) is 0. The number of allylic oxidation sites excluding steroid dienone is 2. The van der Waals surface area contributed by atoms with Crippen LogP contribution in [0.4, 0.5) is 13.2 Å². The normalized spacial score (nSPS) is 32.6. The fourth-order valence-electron chi connectivity index (χ4n) is 2.80. The zero-order valence-electron chi connectivity index (χ0n) is 8.11. The van der Waals surface area contributed by atoms with Gasteiger partial charge in [0.25, 0.3) is 0 Å². The van der Waals surface area contributed by atoms with Gasteiger partial charge in [0.05, 0.1) is 0 Å². The van der Waals surface area contributed by atoms with E-state index in [2.05, 4.69) is 6.08 Å². The van der Waals surface area contributed by atoms with E-state index < -0.39 is 12.6 Å². The van der Waals surface area contributed by atoms with Crippen molar-refractivity contribution in [1.82, 2.24) is 0 Å². The van der Waals surface area contributed by atoms with E-state index in [0.717, 1.165) is 32.1 Å². The molecule has 0 spiro atoms. The van der Waals surface area contributed by atoms with E-state index in [0.29, 0.717) is 5.92 Å². The first-order valence-electron chi connectivity index (χ1n) is 5.30. The van der Waals surface area contributed by atoms with Gasteiger partial charge in [-0.25, -0.2) is 0 Å². The smallest absolute Gasteiger partial charge is 0.171 e. The lowest BCUT2D eigenvalue weighted by molar-refractivity contribution is -0.146. The molecule has 1 fully saturated rings. The second-order valence-electron chi connectivity index (χ2n) is 4.51. The number of hydrogen-bond acceptors (Lipinski definition) is 0. The third kappa shape index (κ3) is 2.31. The topological polar surface area (TPSA) is 0 Å². The van der Waals surface area contributed by atoms with Gasteiger partial charge in [0.15, 0.2) is 0 Å². The highest BCUT2D eigenvalue weighted by Gasteiger charge is 2.36. The van der Waals surface area contributed by atoms with Crippen LogP contribution in [0.5, 0.6) is 0 Å². The van der Waals surface area contributed by atoms with Crippen LogP contribution in [0, 0.1) is 11.8 Å². The molecule has 14 heavy (non-hydrogen) atoms. The lowest BCUT2D eigenvalue weighted by Gasteiger charge is -2.29. The van der Waals surface area contributed by atoms with Gasteiger partial charge in [-0.05, 0) is 43.9 Å². The van der Waals surface area contributed by atoms with Crippen LogP contribution >= 0.6 is 0 Å². The van der Waals surface area contributed by atoms with Crippen LogP contribution in [0.25, 0.3) is 0 Å². The standard InChI is InChI=1S/C11H15F3/c12-11(13,14)7-8-4-5-9-2-1-3-10(9)6-8/h2,8,10H,1,3-7H2. The van der Waals surface area contributed by atoms with Crippen molar-refractivity contribution in [2.45, 2.75) is 44.7 Å². The number of halogens is 3. The van der Waals surface area contributed by atoms with E-state index in [1.54, 1.807) is 0 Å². The lowest BCUT2D eigenvalue weighted by Crippen LogP contribution is -2.21. The summed E-state index contributed by atoms with van der Waals surface area (Å²) in [5.74, 6) is 0.367. The first-order chi connectivity index (χ1) is 6.54. The minimum Gasteiger partial charge on any atom is -0.171 e. The van der Waals surface area contributed by atoms with E-state index in [1.807, 2.05) is 0 Å². The van der Waals surface area contributed by atoms with Crippen molar-refractivity contribution >= 4 is 0 Å². The molecular weight excluding hydrogens is 189 g/mol. The average Bonchev–Trinajstić information content (AvgIpc) is 2.47. The molecule has 0 aromatic carbocycles. The van der Waals surface area contributed by atoms with Crippen LogP contribution in [0.3, 0.4) is 0 Å². The SMILES string of the molecule is FC(F)(F)CC1CCC2=CCCC2C1. The van der Waals surface area contributed by atoms with E-state index in [4.69, 9.17) is 0 Å². The Bertz CT molecular complexity index is 239. The molecule has 1 saturated carbocycles. The molecule has 0 N–H and O–H groups in total. The molecular formula is C11H15F3. The van der Waals surface area contributed by atoms with E-state index in [-0.39, 0.29) is 5.92 Å². The second kappa shape index (κ2) is 3.59. The minimum atomic E-state index is -3.97. The zero-order chi connectivity index (χ0) is 10.2. The predicted molar refractivity (Wildman–Crippen MR) is 48.8 cm³/mol. The number of fused-ring (bicyclic) bond motifs is 1. The Labute approximate surface area is 82.2 Å². The molecule has 0 bridgehead atoms. The first-order valence-corrected chi connectivity index (χ1v) is 5.30. The summed E-state index contributed by atoms with van der Waals surface area (Å²) in [5, 5.41) is 0. The van der Waals surface area contributed by atoms with Gasteiger partial charge in [0, 0.05) is 6.42 Å². The molecule has 0 radical (unpaired) electrons. The summed E-state index contributed by atoms with van der Waals surface area (Å²) in [4.78, 5) is 0. The molecule has 0 amide bonds. The first kappa shape index (κ1) is 10.1. The monoisotopic (exact) mass is 204 g/mol. The quantitative estimate of drug-likeness (QED) is 0.565. The zero-order valence-corrected chi connectivity index (χ0v) is 8.11. The van der Waals surface area contributed by atoms with Crippen LogP contribution in [0.1, 0.15) is 38.5 Å². The Kier molecular flexibility index (Phi) is 2.58. The Morgan fingerprint density at radius 2 is 2.07 bits per heavy atom. The van der Waals surface area contributed by atoms with E-state index >= 15 is 0 Å². The van der Waals surface area contributed by atoms with Crippen LogP contribution in [0.15, 0.2) is 11.6 Å². The highest BCUT2D eigenvalue weighted by Crippen LogP contribution is 2.43. The molecule has 2 aliphatic rings. The molecule has 0 aliphatic heterocycles. The van der Waals surface area contributed by atoms with Crippen molar-refractivity contribution in [3.63, 3.8) is 0 Å². The summed E-state index contributed by atoms with van der Waals surface area (Å²) in [6, 6.07) is 0. The molecule has 0 nitrogen and oxygen atoms in total. The number of hydrogen-bond donors (Lipinski definition) is 0. The van der Waals surface area contributed by atoms with Gasteiger partial charge in [0.2, 0.25) is 0 Å². The van der Waals surface area contributed by atoms with E-state index in [1.165, 1.54) is 5.57 Å². The van der Waals surface area contributed by atoms with Crippen molar-refractivity contribution in [3.8, 4) is 0 Å². The molecule has 2 unspecified atom stereocenters. The van der Waals surface area contributed by atoms with Gasteiger partial charge in [-0.1, -0.05) is 11.6 Å². The minimum absolute atomic E-state index is 0.116. The third-order valence-corrected chi connectivity index (χ3v) is 3.43. The van der Waals surface area contributed by atoms with Crippen molar-refractivity contribution in [2.24, 2.45) is 11.8 Å². The summed E-state index contributed by atoms with van der Waals surface area (Å²) >= 11 is 0. The summed E-state index contributed by atoms with van der Waals surface area (Å²) in [6.07, 6.45) is 2.27. The second-order valence-corrected chi connectivity index (χ2v) is 4.51. The molecule has 80 valence electrons. The molecule has 0 aromatic rings. The van der Waals surface area contributed by atoms with Crippen LogP contribution in [0.2, 0.25) is 0 Å². The molecule has 3 heteroatoms. The fourth-order valence-corrected chi connectivity index (χ4v) is 2.80. The number of rotatable bonds is 1. The maximum absolute atomic E-state index is 12.2. The van der Waals surface area contributed by atoms with Gasteiger partial charge >= 0.3 is 6.18 Å². The molecule has 2 atom stereocenters. The summed E-state index contributed by atoms with van der Waals surface area (Å²) in [5.41, 5.74) is 1.43. The van der Waals surface area contributed by atoms with Gasteiger partial charge in [-0.2, -0.15) is 13.2 Å². The van der Waals surface area contributed by atoms with Crippen molar-refractivity contribution in [2.75, 3.05) is 0 Å². The maximum Gasteiger partial charge on any atom is 0.389 e. The maximum atomic E-state index is 12.2. The van der Waals surface area contributed by atoms with Crippen molar-refractivity contribution in [1.29, 1.82) is 0 Å². The highest BCUT2D eigenvalue weighted by atomic mass is 19.4. The van der Waals surface area contributed by atoms with E-state index in [9.17, 15) is 13.2 Å². The van der Waals surface area contributed by atoms with Crippen LogP contribution in [-0.4, -0.2) is 6.18 Å². The van der Waals surface area contributed by atoms with Gasteiger partial charge in [-0.3, -0.25) is 0 Å². The molecule has 0 saturated heterocycles. The number of alkyl halides is 3. The van der Waals surface area contributed by atoms with Crippen LogP contribution < -0.4 is 0 Å². The Hall–Kier alpha value is -0.470. The molecule has 2 rings (SSSR count). The third-order valence-electron chi connectivity index (χ3n) is 3.43. The van der Waals surface area contributed by atoms with Crippen molar-refractivity contribution < 1.29 is 13.2 Å². The fraction of sp³-hybridized carbons (Fsp3) is 0.818. The highest BCUT2D eigenvalue weighted by molar-refractivity contribution is 5.15. The Morgan fingerprint density at radius 1 is 1.29 bits per heavy atom. The largest absolute Gasteiger partial charge is 0.389 e. The molecule has 0 heterocycles. The lowest BCUT2D eigenvalue weighted by atomic mass is 9.78.